The van der Waals surface area contributed by atoms with Gasteiger partial charge in [-0.3, -0.25) is 9.78 Å². The molecule has 1 amide bonds. The fourth-order valence-electron chi connectivity index (χ4n) is 3.54. The molecule has 10 heteroatoms. The summed E-state index contributed by atoms with van der Waals surface area (Å²) in [5, 5.41) is 5.07. The van der Waals surface area contributed by atoms with E-state index >= 15 is 0 Å². The van der Waals surface area contributed by atoms with E-state index in [-0.39, 0.29) is 22.9 Å². The third-order valence-electron chi connectivity index (χ3n) is 5.34. The van der Waals surface area contributed by atoms with Crippen molar-refractivity contribution in [3.8, 4) is 11.4 Å². The number of hydrogen-bond acceptors (Lipinski definition) is 5. The van der Waals surface area contributed by atoms with Crippen molar-refractivity contribution < 1.29 is 18.0 Å². The first-order chi connectivity index (χ1) is 15.8. The lowest BCUT2D eigenvalue weighted by molar-refractivity contribution is -0.141. The van der Waals surface area contributed by atoms with E-state index in [4.69, 9.17) is 5.73 Å². The molecule has 1 saturated carbocycles. The van der Waals surface area contributed by atoms with Gasteiger partial charge in [-0.15, -0.1) is 5.10 Å². The number of benzene rings is 1. The van der Waals surface area contributed by atoms with E-state index in [0.29, 0.717) is 11.3 Å². The van der Waals surface area contributed by atoms with Crippen LogP contribution in [0.25, 0.3) is 34.1 Å². The number of halogens is 3. The summed E-state index contributed by atoms with van der Waals surface area (Å²) in [5.74, 6) is -0.570. The molecule has 166 valence electrons. The van der Waals surface area contributed by atoms with Crippen molar-refractivity contribution in [2.75, 3.05) is 0 Å². The Morgan fingerprint density at radius 1 is 1.12 bits per heavy atom. The number of rotatable bonds is 5. The molecule has 1 aliphatic rings. The maximum atomic E-state index is 13.3. The summed E-state index contributed by atoms with van der Waals surface area (Å²) in [6, 6.07) is 11.4. The summed E-state index contributed by atoms with van der Waals surface area (Å²) < 4.78 is 41.3. The predicted octanol–water partition coefficient (Wildman–Crippen LogP) is 4.27. The maximum absolute atomic E-state index is 13.3. The van der Waals surface area contributed by atoms with E-state index in [1.54, 1.807) is 36.5 Å². The van der Waals surface area contributed by atoms with Gasteiger partial charge < -0.3 is 5.73 Å². The van der Waals surface area contributed by atoms with Crippen molar-refractivity contribution in [1.82, 2.24) is 24.7 Å². The molecule has 0 radical (unpaired) electrons. The van der Waals surface area contributed by atoms with Crippen molar-refractivity contribution in [1.29, 1.82) is 0 Å². The quantitative estimate of drug-likeness (QED) is 0.458. The van der Waals surface area contributed by atoms with E-state index < -0.39 is 17.8 Å². The van der Waals surface area contributed by atoms with E-state index in [0.717, 1.165) is 29.8 Å². The van der Waals surface area contributed by atoms with Gasteiger partial charge in [-0.25, -0.2) is 14.6 Å². The van der Waals surface area contributed by atoms with Gasteiger partial charge >= 0.3 is 6.18 Å². The maximum Gasteiger partial charge on any atom is 0.433 e. The summed E-state index contributed by atoms with van der Waals surface area (Å²) >= 11 is 0. The van der Waals surface area contributed by atoms with Crippen LogP contribution in [-0.2, 0) is 11.0 Å². The van der Waals surface area contributed by atoms with Crippen LogP contribution >= 0.6 is 0 Å². The van der Waals surface area contributed by atoms with Gasteiger partial charge in [0.25, 0.3) is 5.91 Å². The standard InChI is InChI=1S/C23H17F3N6O/c24-23(25,26)20-10-16(9-19(30-20)13-3-4-13)22-29-12-32(31-22)11-17(21(27)33)14-5-6-18-15(8-14)2-1-7-28-18/h1-2,5-13H,3-4H2,(H2,27,33)/b17-11+. The van der Waals surface area contributed by atoms with Crippen LogP contribution in [0.5, 0.6) is 0 Å². The van der Waals surface area contributed by atoms with Gasteiger partial charge in [0.2, 0.25) is 0 Å². The van der Waals surface area contributed by atoms with E-state index in [1.807, 2.05) is 6.07 Å². The van der Waals surface area contributed by atoms with Gasteiger partial charge in [-0.05, 0) is 48.7 Å². The minimum Gasteiger partial charge on any atom is -0.366 e. The zero-order valence-electron chi connectivity index (χ0n) is 17.1. The number of hydrogen-bond donors (Lipinski definition) is 1. The van der Waals surface area contributed by atoms with Crippen LogP contribution in [-0.4, -0.2) is 30.6 Å². The van der Waals surface area contributed by atoms with Gasteiger partial charge in [0, 0.05) is 35.0 Å². The van der Waals surface area contributed by atoms with Gasteiger partial charge in [0.1, 0.15) is 12.0 Å². The van der Waals surface area contributed by atoms with E-state index in [9.17, 15) is 18.0 Å². The lowest BCUT2D eigenvalue weighted by Gasteiger charge is -2.09. The monoisotopic (exact) mass is 450 g/mol. The fourth-order valence-corrected chi connectivity index (χ4v) is 3.54. The number of fused-ring (bicyclic) bond motifs is 1. The zero-order valence-corrected chi connectivity index (χ0v) is 17.1. The highest BCUT2D eigenvalue weighted by Crippen LogP contribution is 2.41. The Balaban J connectivity index is 1.53. The molecule has 0 aliphatic heterocycles. The summed E-state index contributed by atoms with van der Waals surface area (Å²) in [7, 11) is 0. The first-order valence-electron chi connectivity index (χ1n) is 10.2. The molecule has 3 heterocycles. The smallest absolute Gasteiger partial charge is 0.366 e. The highest BCUT2D eigenvalue weighted by atomic mass is 19.4. The molecule has 0 unspecified atom stereocenters. The summed E-state index contributed by atoms with van der Waals surface area (Å²) in [6.45, 7) is 0. The molecule has 7 nitrogen and oxygen atoms in total. The largest absolute Gasteiger partial charge is 0.433 e. The Bertz CT molecular complexity index is 1400. The van der Waals surface area contributed by atoms with Gasteiger partial charge in [0.15, 0.2) is 5.82 Å². The van der Waals surface area contributed by atoms with E-state index in [1.165, 1.54) is 17.2 Å². The Hall–Kier alpha value is -4.08. The number of carbonyl (C=O) groups is 1. The van der Waals surface area contributed by atoms with Crippen LogP contribution in [0.2, 0.25) is 0 Å². The van der Waals surface area contributed by atoms with Crippen LogP contribution in [0.1, 0.15) is 35.7 Å². The van der Waals surface area contributed by atoms with Crippen LogP contribution < -0.4 is 5.73 Å². The van der Waals surface area contributed by atoms with Gasteiger partial charge in [-0.1, -0.05) is 12.1 Å². The molecule has 1 aromatic carbocycles. The van der Waals surface area contributed by atoms with Crippen LogP contribution in [0.4, 0.5) is 13.2 Å². The second kappa shape index (κ2) is 7.80. The molecule has 0 spiro atoms. The number of alkyl halides is 3. The molecule has 4 aromatic rings. The average molecular weight is 450 g/mol. The summed E-state index contributed by atoms with van der Waals surface area (Å²) in [5.41, 5.74) is 6.69. The number of aromatic nitrogens is 5. The van der Waals surface area contributed by atoms with Crippen molar-refractivity contribution in [2.24, 2.45) is 5.73 Å². The minimum absolute atomic E-state index is 0.0249. The highest BCUT2D eigenvalue weighted by molar-refractivity contribution is 6.22. The molecule has 0 bridgehead atoms. The van der Waals surface area contributed by atoms with Crippen molar-refractivity contribution in [3.63, 3.8) is 0 Å². The number of carbonyl (C=O) groups excluding carboxylic acids is 1. The van der Waals surface area contributed by atoms with Crippen LogP contribution in [0, 0.1) is 0 Å². The summed E-state index contributed by atoms with van der Waals surface area (Å²) in [6.07, 6.45) is 1.41. The first kappa shape index (κ1) is 20.8. The topological polar surface area (TPSA) is 99.6 Å². The van der Waals surface area contributed by atoms with Crippen molar-refractivity contribution >= 4 is 28.6 Å². The zero-order chi connectivity index (χ0) is 23.2. The average Bonchev–Trinajstić information content (AvgIpc) is 3.54. The van der Waals surface area contributed by atoms with E-state index in [2.05, 4.69) is 20.1 Å². The third-order valence-corrected chi connectivity index (χ3v) is 5.34. The molecule has 0 saturated heterocycles. The number of nitrogens with zero attached hydrogens (tertiary/aromatic N) is 5. The van der Waals surface area contributed by atoms with Crippen molar-refractivity contribution in [3.05, 3.63) is 71.9 Å². The van der Waals surface area contributed by atoms with Crippen LogP contribution in [0.15, 0.2) is 55.0 Å². The highest BCUT2D eigenvalue weighted by Gasteiger charge is 2.35. The first-order valence-corrected chi connectivity index (χ1v) is 10.2. The number of primary amides is 1. The lowest BCUT2D eigenvalue weighted by atomic mass is 10.0. The molecular weight excluding hydrogens is 433 g/mol. The second-order valence-corrected chi connectivity index (χ2v) is 7.80. The predicted molar refractivity (Wildman–Crippen MR) is 115 cm³/mol. The molecule has 1 fully saturated rings. The molecule has 2 N–H and O–H groups in total. The molecule has 0 atom stereocenters. The molecule has 1 aliphatic carbocycles. The molecule has 33 heavy (non-hydrogen) atoms. The number of nitrogens with two attached hydrogens (primary N) is 1. The molecular formula is C23H17F3N6O. The fraction of sp³-hybridized carbons (Fsp3) is 0.174. The normalized spacial score (nSPS) is 14.6. The number of amides is 1. The number of pyridine rings is 2. The van der Waals surface area contributed by atoms with Crippen LogP contribution in [0.3, 0.4) is 0 Å². The minimum atomic E-state index is -4.58. The van der Waals surface area contributed by atoms with Gasteiger partial charge in [-0.2, -0.15) is 13.2 Å². The SMILES string of the molecule is NC(=O)/C(=C/n1cnc(-c2cc(C3CC3)nc(C(F)(F)F)c2)n1)c1ccc2ncccc2c1. The Labute approximate surface area is 185 Å². The Kier molecular flexibility index (Phi) is 4.92. The van der Waals surface area contributed by atoms with Crippen molar-refractivity contribution in [2.45, 2.75) is 24.9 Å². The lowest BCUT2D eigenvalue weighted by Crippen LogP contribution is -2.13. The van der Waals surface area contributed by atoms with Gasteiger partial charge in [0.05, 0.1) is 11.1 Å². The molecule has 5 rings (SSSR count). The summed E-state index contributed by atoms with van der Waals surface area (Å²) in [4.78, 5) is 24.3. The third kappa shape index (κ3) is 4.32. The molecule has 3 aromatic heterocycles. The Morgan fingerprint density at radius 2 is 1.94 bits per heavy atom. The Morgan fingerprint density at radius 3 is 2.67 bits per heavy atom. The second-order valence-electron chi connectivity index (χ2n) is 7.80.